The summed E-state index contributed by atoms with van der Waals surface area (Å²) in [6, 6.07) is 9.40. The van der Waals surface area contributed by atoms with Crippen LogP contribution in [0, 0.1) is 6.92 Å². The van der Waals surface area contributed by atoms with Crippen molar-refractivity contribution in [3.8, 4) is 5.75 Å². The molecule has 0 spiro atoms. The van der Waals surface area contributed by atoms with Crippen molar-refractivity contribution in [3.63, 3.8) is 0 Å². The van der Waals surface area contributed by atoms with Crippen LogP contribution in [0.15, 0.2) is 34.9 Å². The molecule has 5 nitrogen and oxygen atoms in total. The second-order valence-electron chi connectivity index (χ2n) is 4.44. The van der Waals surface area contributed by atoms with E-state index in [2.05, 4.69) is 5.16 Å². The van der Waals surface area contributed by atoms with Gasteiger partial charge in [-0.1, -0.05) is 23.4 Å². The van der Waals surface area contributed by atoms with Gasteiger partial charge in [0.15, 0.2) is 5.76 Å². The van der Waals surface area contributed by atoms with Gasteiger partial charge in [-0.05, 0) is 25.1 Å². The normalized spacial score (nSPS) is 12.8. The predicted octanol–water partition coefficient (Wildman–Crippen LogP) is 1.85. The molecule has 1 aromatic carbocycles. The van der Waals surface area contributed by atoms with Gasteiger partial charge in [0, 0.05) is 18.2 Å². The van der Waals surface area contributed by atoms with Gasteiger partial charge < -0.3 is 20.1 Å². The molecular weight excluding hydrogens is 256 g/mol. The van der Waals surface area contributed by atoms with Crippen LogP contribution in [-0.2, 0) is 0 Å². The first-order valence-electron chi connectivity index (χ1n) is 6.40. The molecule has 106 valence electrons. The van der Waals surface area contributed by atoms with Gasteiger partial charge in [0.1, 0.15) is 18.5 Å². The van der Waals surface area contributed by atoms with Crippen LogP contribution in [0.3, 0.4) is 0 Å². The topological polar surface area (TPSA) is 81.5 Å². The van der Waals surface area contributed by atoms with Crippen LogP contribution in [0.25, 0.3) is 12.2 Å². The zero-order valence-corrected chi connectivity index (χ0v) is 11.3. The number of rotatable bonds is 6. The number of nitrogens with two attached hydrogens (primary N) is 1. The van der Waals surface area contributed by atoms with Crippen molar-refractivity contribution in [1.82, 2.24) is 5.16 Å². The lowest BCUT2D eigenvalue weighted by Gasteiger charge is -2.12. The van der Waals surface area contributed by atoms with E-state index < -0.39 is 6.10 Å². The van der Waals surface area contributed by atoms with Crippen LogP contribution < -0.4 is 10.5 Å². The summed E-state index contributed by atoms with van der Waals surface area (Å²) >= 11 is 0. The minimum Gasteiger partial charge on any atom is -0.490 e. The standard InChI is InChI=1S/C15H18N2O3/c1-11-8-14(20-17-11)7-6-12-4-2-3-5-15(12)19-10-13(18)9-16/h2-8,13,18H,9-10,16H2,1H3. The number of nitrogens with zero attached hydrogens (tertiary/aromatic N) is 1. The van der Waals surface area contributed by atoms with Crippen molar-refractivity contribution < 1.29 is 14.4 Å². The summed E-state index contributed by atoms with van der Waals surface area (Å²) in [5.41, 5.74) is 7.08. The van der Waals surface area contributed by atoms with Gasteiger partial charge in [-0.3, -0.25) is 0 Å². The van der Waals surface area contributed by atoms with Crippen LogP contribution in [-0.4, -0.2) is 29.5 Å². The van der Waals surface area contributed by atoms with Crippen molar-refractivity contribution in [1.29, 1.82) is 0 Å². The molecule has 0 aliphatic carbocycles. The highest BCUT2D eigenvalue weighted by molar-refractivity contribution is 5.70. The third kappa shape index (κ3) is 3.94. The van der Waals surface area contributed by atoms with Gasteiger partial charge in [-0.15, -0.1) is 0 Å². The van der Waals surface area contributed by atoms with Crippen molar-refractivity contribution in [2.75, 3.05) is 13.2 Å². The molecule has 1 aromatic heterocycles. The van der Waals surface area contributed by atoms with E-state index in [9.17, 15) is 5.11 Å². The Hall–Kier alpha value is -2.11. The highest BCUT2D eigenvalue weighted by Crippen LogP contribution is 2.21. The molecule has 3 N–H and O–H groups in total. The zero-order chi connectivity index (χ0) is 14.4. The Morgan fingerprint density at radius 2 is 2.20 bits per heavy atom. The first-order valence-corrected chi connectivity index (χ1v) is 6.40. The van der Waals surface area contributed by atoms with Crippen LogP contribution in [0.2, 0.25) is 0 Å². The predicted molar refractivity (Wildman–Crippen MR) is 77.2 cm³/mol. The lowest BCUT2D eigenvalue weighted by Crippen LogP contribution is -2.26. The van der Waals surface area contributed by atoms with Gasteiger partial charge >= 0.3 is 0 Å². The Balaban J connectivity index is 2.09. The van der Waals surface area contributed by atoms with Crippen molar-refractivity contribution in [2.24, 2.45) is 5.73 Å². The SMILES string of the molecule is Cc1cc(C=Cc2ccccc2OCC(O)CN)on1. The molecule has 0 saturated carbocycles. The molecule has 0 aliphatic heterocycles. The van der Waals surface area contributed by atoms with Crippen molar-refractivity contribution >= 4 is 12.2 Å². The van der Waals surface area contributed by atoms with Crippen LogP contribution >= 0.6 is 0 Å². The zero-order valence-electron chi connectivity index (χ0n) is 11.3. The molecule has 0 saturated heterocycles. The number of ether oxygens (including phenoxy) is 1. The van der Waals surface area contributed by atoms with Crippen LogP contribution in [0.5, 0.6) is 5.75 Å². The van der Waals surface area contributed by atoms with Gasteiger partial charge in [0.2, 0.25) is 0 Å². The number of aryl methyl sites for hydroxylation is 1. The maximum atomic E-state index is 9.43. The summed E-state index contributed by atoms with van der Waals surface area (Å²) in [4.78, 5) is 0. The Kier molecular flexibility index (Phi) is 4.92. The Bertz CT molecular complexity index is 578. The minimum absolute atomic E-state index is 0.169. The number of aromatic nitrogens is 1. The maximum Gasteiger partial charge on any atom is 0.159 e. The Morgan fingerprint density at radius 3 is 2.90 bits per heavy atom. The van der Waals surface area contributed by atoms with Crippen molar-refractivity contribution in [3.05, 3.63) is 47.3 Å². The van der Waals surface area contributed by atoms with E-state index in [4.69, 9.17) is 15.0 Å². The summed E-state index contributed by atoms with van der Waals surface area (Å²) in [6.07, 6.45) is 3.04. The molecule has 2 rings (SSSR count). The first-order chi connectivity index (χ1) is 9.69. The number of aliphatic hydroxyl groups excluding tert-OH is 1. The smallest absolute Gasteiger partial charge is 0.159 e. The summed E-state index contributed by atoms with van der Waals surface area (Å²) in [7, 11) is 0. The van der Waals surface area contributed by atoms with Crippen LogP contribution in [0.4, 0.5) is 0 Å². The molecule has 0 radical (unpaired) electrons. The van der Waals surface area contributed by atoms with Gasteiger partial charge in [0.05, 0.1) is 5.69 Å². The van der Waals surface area contributed by atoms with Gasteiger partial charge in [-0.2, -0.15) is 0 Å². The molecule has 1 atom stereocenters. The number of aliphatic hydroxyl groups is 1. The monoisotopic (exact) mass is 274 g/mol. The second kappa shape index (κ2) is 6.88. The maximum absolute atomic E-state index is 9.43. The van der Waals surface area contributed by atoms with Gasteiger partial charge in [0.25, 0.3) is 0 Å². The molecular formula is C15H18N2O3. The third-order valence-electron chi connectivity index (χ3n) is 2.70. The fourth-order valence-corrected chi connectivity index (χ4v) is 1.64. The van der Waals surface area contributed by atoms with Gasteiger partial charge in [-0.25, -0.2) is 0 Å². The molecule has 0 fully saturated rings. The van der Waals surface area contributed by atoms with E-state index in [0.29, 0.717) is 11.5 Å². The molecule has 0 amide bonds. The number of hydrogen-bond donors (Lipinski definition) is 2. The molecule has 0 aliphatic rings. The highest BCUT2D eigenvalue weighted by Gasteiger charge is 2.05. The lowest BCUT2D eigenvalue weighted by atomic mass is 10.2. The summed E-state index contributed by atoms with van der Waals surface area (Å²) < 4.78 is 10.7. The Labute approximate surface area is 117 Å². The summed E-state index contributed by atoms with van der Waals surface area (Å²) in [5.74, 6) is 1.37. The molecule has 2 aromatic rings. The van der Waals surface area contributed by atoms with Crippen molar-refractivity contribution in [2.45, 2.75) is 13.0 Å². The molecule has 5 heteroatoms. The lowest BCUT2D eigenvalue weighted by molar-refractivity contribution is 0.114. The van der Waals surface area contributed by atoms with E-state index in [-0.39, 0.29) is 13.2 Å². The van der Waals surface area contributed by atoms with E-state index >= 15 is 0 Å². The van der Waals surface area contributed by atoms with E-state index in [1.165, 1.54) is 0 Å². The average molecular weight is 274 g/mol. The largest absolute Gasteiger partial charge is 0.490 e. The van der Waals surface area contributed by atoms with E-state index in [0.717, 1.165) is 11.3 Å². The summed E-state index contributed by atoms with van der Waals surface area (Å²) in [5, 5.41) is 13.2. The fourth-order valence-electron chi connectivity index (χ4n) is 1.64. The van der Waals surface area contributed by atoms with Crippen LogP contribution in [0.1, 0.15) is 17.0 Å². The third-order valence-corrected chi connectivity index (χ3v) is 2.70. The molecule has 20 heavy (non-hydrogen) atoms. The quantitative estimate of drug-likeness (QED) is 0.840. The number of hydrogen-bond acceptors (Lipinski definition) is 5. The Morgan fingerprint density at radius 1 is 1.40 bits per heavy atom. The van der Waals surface area contributed by atoms with E-state index in [1.807, 2.05) is 49.4 Å². The second-order valence-corrected chi connectivity index (χ2v) is 4.44. The van der Waals surface area contributed by atoms with E-state index in [1.54, 1.807) is 0 Å². The fraction of sp³-hybridized carbons (Fsp3) is 0.267. The highest BCUT2D eigenvalue weighted by atomic mass is 16.5. The molecule has 0 bridgehead atoms. The minimum atomic E-state index is -0.663. The summed E-state index contributed by atoms with van der Waals surface area (Å²) in [6.45, 7) is 2.21. The first kappa shape index (κ1) is 14.3. The molecule has 1 unspecified atom stereocenters. The molecule has 1 heterocycles. The number of para-hydroxylation sites is 1. The average Bonchev–Trinajstić information content (AvgIpc) is 2.89. The number of benzene rings is 1.